The summed E-state index contributed by atoms with van der Waals surface area (Å²) >= 11 is 0. The Bertz CT molecular complexity index is 723. The molecular formula is C18H18F3N3O. The fraction of sp³-hybridized carbons (Fsp3) is 0.278. The molecule has 1 amide bonds. The Morgan fingerprint density at radius 3 is 2.04 bits per heavy atom. The maximum Gasteiger partial charge on any atom is 0.416 e. The van der Waals surface area contributed by atoms with Crippen LogP contribution in [0.1, 0.15) is 5.56 Å². The number of nitrogens with zero attached hydrogens (tertiary/aromatic N) is 2. The van der Waals surface area contributed by atoms with E-state index in [4.69, 9.17) is 0 Å². The number of halogens is 3. The molecule has 1 fully saturated rings. The predicted octanol–water partition coefficient (Wildman–Crippen LogP) is 3.60. The molecule has 1 aliphatic rings. The molecule has 0 aromatic heterocycles. The number of carbonyl (C=O) groups is 1. The van der Waals surface area contributed by atoms with Crippen LogP contribution in [0, 0.1) is 0 Å². The molecule has 1 heterocycles. The minimum absolute atomic E-state index is 0.597. The Morgan fingerprint density at radius 1 is 0.880 bits per heavy atom. The molecule has 1 saturated heterocycles. The van der Waals surface area contributed by atoms with Crippen molar-refractivity contribution in [1.29, 1.82) is 0 Å². The third-order valence-electron chi connectivity index (χ3n) is 4.28. The van der Waals surface area contributed by atoms with Gasteiger partial charge in [-0.15, -0.1) is 0 Å². The van der Waals surface area contributed by atoms with E-state index in [-0.39, 0.29) is 0 Å². The molecule has 0 aliphatic carbocycles. The third kappa shape index (κ3) is 4.04. The third-order valence-corrected chi connectivity index (χ3v) is 4.28. The topological polar surface area (TPSA) is 35.6 Å². The SMILES string of the molecule is O=CNc1ccc(N2CCN(c3cccc(C(F)(F)F)c3)CC2)cc1. The van der Waals surface area contributed by atoms with Gasteiger partial charge in [-0.25, -0.2) is 0 Å². The van der Waals surface area contributed by atoms with Crippen LogP contribution in [0.25, 0.3) is 0 Å². The average Bonchev–Trinajstić information content (AvgIpc) is 2.62. The van der Waals surface area contributed by atoms with Gasteiger partial charge in [0, 0.05) is 43.2 Å². The lowest BCUT2D eigenvalue weighted by Crippen LogP contribution is -2.46. The second-order valence-electron chi connectivity index (χ2n) is 5.83. The zero-order valence-electron chi connectivity index (χ0n) is 13.5. The van der Waals surface area contributed by atoms with Gasteiger partial charge >= 0.3 is 6.18 Å². The molecule has 1 aliphatic heterocycles. The highest BCUT2D eigenvalue weighted by Crippen LogP contribution is 2.32. The van der Waals surface area contributed by atoms with Gasteiger partial charge in [-0.1, -0.05) is 6.07 Å². The second-order valence-corrected chi connectivity index (χ2v) is 5.83. The van der Waals surface area contributed by atoms with Crippen molar-refractivity contribution in [2.75, 3.05) is 41.3 Å². The number of hydrogen-bond acceptors (Lipinski definition) is 3. The molecule has 2 aromatic rings. The molecule has 0 spiro atoms. The van der Waals surface area contributed by atoms with Crippen molar-refractivity contribution in [2.24, 2.45) is 0 Å². The number of benzene rings is 2. The number of anilines is 3. The van der Waals surface area contributed by atoms with E-state index in [2.05, 4.69) is 10.2 Å². The van der Waals surface area contributed by atoms with E-state index >= 15 is 0 Å². The van der Waals surface area contributed by atoms with Crippen molar-refractivity contribution in [3.05, 3.63) is 54.1 Å². The molecule has 3 rings (SSSR count). The van der Waals surface area contributed by atoms with Gasteiger partial charge in [0.15, 0.2) is 0 Å². The van der Waals surface area contributed by atoms with Crippen LogP contribution >= 0.6 is 0 Å². The maximum absolute atomic E-state index is 12.9. The molecule has 0 atom stereocenters. The Kier molecular flexibility index (Phi) is 4.83. The molecule has 25 heavy (non-hydrogen) atoms. The summed E-state index contributed by atoms with van der Waals surface area (Å²) in [5.41, 5.74) is 1.73. The van der Waals surface area contributed by atoms with Gasteiger partial charge in [-0.3, -0.25) is 4.79 Å². The van der Waals surface area contributed by atoms with Crippen LogP contribution in [0.15, 0.2) is 48.5 Å². The Labute approximate surface area is 143 Å². The standard InChI is InChI=1S/C18H18F3N3O/c19-18(20,21)14-2-1-3-17(12-14)24-10-8-23(9-11-24)16-6-4-15(5-7-16)22-13-25/h1-7,12-13H,8-11H2,(H,22,25). The molecule has 1 N–H and O–H groups in total. The maximum atomic E-state index is 12.9. The first-order valence-corrected chi connectivity index (χ1v) is 7.95. The molecule has 2 aromatic carbocycles. The van der Waals surface area contributed by atoms with Crippen LogP contribution in [-0.4, -0.2) is 32.6 Å². The monoisotopic (exact) mass is 349 g/mol. The van der Waals surface area contributed by atoms with Crippen molar-refractivity contribution < 1.29 is 18.0 Å². The van der Waals surface area contributed by atoms with E-state index in [1.165, 1.54) is 12.1 Å². The first kappa shape index (κ1) is 17.1. The second kappa shape index (κ2) is 7.04. The van der Waals surface area contributed by atoms with Crippen LogP contribution in [0.4, 0.5) is 30.2 Å². The molecule has 4 nitrogen and oxygen atoms in total. The molecular weight excluding hydrogens is 331 g/mol. The highest BCUT2D eigenvalue weighted by atomic mass is 19.4. The largest absolute Gasteiger partial charge is 0.416 e. The van der Waals surface area contributed by atoms with Crippen LogP contribution in [0.3, 0.4) is 0 Å². The lowest BCUT2D eigenvalue weighted by Gasteiger charge is -2.37. The van der Waals surface area contributed by atoms with Gasteiger partial charge < -0.3 is 15.1 Å². The number of piperazine rings is 1. The van der Waals surface area contributed by atoms with Crippen molar-refractivity contribution >= 4 is 23.5 Å². The molecule has 132 valence electrons. The van der Waals surface area contributed by atoms with E-state index in [1.807, 2.05) is 29.2 Å². The first-order chi connectivity index (χ1) is 12.0. The van der Waals surface area contributed by atoms with Crippen molar-refractivity contribution in [2.45, 2.75) is 6.18 Å². The Hall–Kier alpha value is -2.70. The van der Waals surface area contributed by atoms with Gasteiger partial charge in [-0.05, 0) is 42.5 Å². The smallest absolute Gasteiger partial charge is 0.368 e. The number of hydrogen-bond donors (Lipinski definition) is 1. The molecule has 0 saturated carbocycles. The van der Waals surface area contributed by atoms with E-state index in [1.54, 1.807) is 6.07 Å². The van der Waals surface area contributed by atoms with E-state index in [9.17, 15) is 18.0 Å². The normalized spacial score (nSPS) is 15.2. The van der Waals surface area contributed by atoms with E-state index in [0.29, 0.717) is 25.2 Å². The highest BCUT2D eigenvalue weighted by molar-refractivity contribution is 5.72. The van der Waals surface area contributed by atoms with Gasteiger partial charge in [0.1, 0.15) is 0 Å². The van der Waals surface area contributed by atoms with Gasteiger partial charge in [0.25, 0.3) is 0 Å². The van der Waals surface area contributed by atoms with Crippen LogP contribution in [0.5, 0.6) is 0 Å². The first-order valence-electron chi connectivity index (χ1n) is 7.95. The summed E-state index contributed by atoms with van der Waals surface area (Å²) in [7, 11) is 0. The van der Waals surface area contributed by atoms with Crippen LogP contribution in [-0.2, 0) is 11.0 Å². The Morgan fingerprint density at radius 2 is 1.48 bits per heavy atom. The minimum atomic E-state index is -4.32. The van der Waals surface area contributed by atoms with E-state index in [0.717, 1.165) is 30.5 Å². The van der Waals surface area contributed by atoms with Gasteiger partial charge in [0.05, 0.1) is 5.56 Å². The summed E-state index contributed by atoms with van der Waals surface area (Å²) in [4.78, 5) is 14.6. The van der Waals surface area contributed by atoms with Crippen molar-refractivity contribution in [3.63, 3.8) is 0 Å². The summed E-state index contributed by atoms with van der Waals surface area (Å²) in [6, 6.07) is 12.9. The number of nitrogens with one attached hydrogen (secondary N) is 1. The fourth-order valence-electron chi connectivity index (χ4n) is 2.94. The lowest BCUT2D eigenvalue weighted by atomic mass is 10.1. The summed E-state index contributed by atoms with van der Waals surface area (Å²) in [5, 5.41) is 2.58. The Balaban J connectivity index is 1.64. The van der Waals surface area contributed by atoms with E-state index < -0.39 is 11.7 Å². The summed E-state index contributed by atoms with van der Waals surface area (Å²) in [5.74, 6) is 0. The number of amides is 1. The number of rotatable bonds is 4. The number of carbonyl (C=O) groups excluding carboxylic acids is 1. The van der Waals surface area contributed by atoms with Crippen LogP contribution < -0.4 is 15.1 Å². The van der Waals surface area contributed by atoms with Gasteiger partial charge in [-0.2, -0.15) is 13.2 Å². The zero-order valence-corrected chi connectivity index (χ0v) is 13.5. The summed E-state index contributed by atoms with van der Waals surface area (Å²) in [6.07, 6.45) is -3.70. The van der Waals surface area contributed by atoms with Crippen molar-refractivity contribution in [3.8, 4) is 0 Å². The predicted molar refractivity (Wildman–Crippen MR) is 92.0 cm³/mol. The molecule has 0 bridgehead atoms. The summed E-state index contributed by atoms with van der Waals surface area (Å²) < 4.78 is 38.6. The van der Waals surface area contributed by atoms with Gasteiger partial charge in [0.2, 0.25) is 6.41 Å². The number of alkyl halides is 3. The van der Waals surface area contributed by atoms with Crippen molar-refractivity contribution in [1.82, 2.24) is 0 Å². The lowest BCUT2D eigenvalue weighted by molar-refractivity contribution is -0.137. The fourth-order valence-corrected chi connectivity index (χ4v) is 2.94. The minimum Gasteiger partial charge on any atom is -0.368 e. The zero-order chi connectivity index (χ0) is 17.9. The van der Waals surface area contributed by atoms with Crippen LogP contribution in [0.2, 0.25) is 0 Å². The average molecular weight is 349 g/mol. The quantitative estimate of drug-likeness (QED) is 0.857. The highest BCUT2D eigenvalue weighted by Gasteiger charge is 2.31. The summed E-state index contributed by atoms with van der Waals surface area (Å²) in [6.45, 7) is 2.73. The molecule has 0 unspecified atom stereocenters. The molecule has 7 heteroatoms. The molecule has 0 radical (unpaired) electrons.